The van der Waals surface area contributed by atoms with Gasteiger partial charge in [-0.3, -0.25) is 0 Å². The van der Waals surface area contributed by atoms with Crippen LogP contribution < -0.4 is 19.6 Å². The lowest BCUT2D eigenvalue weighted by Gasteiger charge is -2.12. The second-order valence-electron chi connectivity index (χ2n) is 6.03. The Bertz CT molecular complexity index is 776. The summed E-state index contributed by atoms with van der Waals surface area (Å²) in [7, 11) is 3.24. The van der Waals surface area contributed by atoms with Crippen LogP contribution in [0, 0.1) is 0 Å². The summed E-state index contributed by atoms with van der Waals surface area (Å²) in [6.07, 6.45) is 0.0799. The SMILES string of the molecule is COc1ccc(CN/N=C(/C)c2ccc(OC(C)C)c(Cl)c2)cc1OC. The first-order chi connectivity index (χ1) is 12.4. The molecule has 0 atom stereocenters. The molecular weight excluding hydrogens is 352 g/mol. The van der Waals surface area contributed by atoms with E-state index in [2.05, 4.69) is 10.5 Å². The Balaban J connectivity index is 2.03. The van der Waals surface area contributed by atoms with Crippen molar-refractivity contribution in [2.24, 2.45) is 5.10 Å². The maximum Gasteiger partial charge on any atom is 0.161 e. The molecule has 140 valence electrons. The van der Waals surface area contributed by atoms with Crippen molar-refractivity contribution >= 4 is 17.3 Å². The van der Waals surface area contributed by atoms with Crippen molar-refractivity contribution in [3.05, 3.63) is 52.5 Å². The second kappa shape index (κ2) is 9.34. The summed E-state index contributed by atoms with van der Waals surface area (Å²) < 4.78 is 16.2. The monoisotopic (exact) mass is 376 g/mol. The van der Waals surface area contributed by atoms with Gasteiger partial charge in [0, 0.05) is 0 Å². The maximum absolute atomic E-state index is 6.28. The molecule has 1 N–H and O–H groups in total. The first-order valence-electron chi connectivity index (χ1n) is 8.39. The lowest BCUT2D eigenvalue weighted by molar-refractivity contribution is 0.242. The van der Waals surface area contributed by atoms with E-state index in [4.69, 9.17) is 25.8 Å². The molecule has 0 aliphatic heterocycles. The van der Waals surface area contributed by atoms with Crippen molar-refractivity contribution in [2.45, 2.75) is 33.4 Å². The number of nitrogens with zero attached hydrogens (tertiary/aromatic N) is 1. The Morgan fingerprint density at radius 3 is 2.35 bits per heavy atom. The molecule has 0 bridgehead atoms. The zero-order chi connectivity index (χ0) is 19.1. The predicted octanol–water partition coefficient (Wildman–Crippen LogP) is 4.66. The molecule has 6 heteroatoms. The highest BCUT2D eigenvalue weighted by molar-refractivity contribution is 6.32. The standard InChI is InChI=1S/C20H25ClN2O3/c1-13(2)26-18-9-7-16(11-17(18)21)14(3)23-22-12-15-6-8-19(24-4)20(10-15)25-5/h6-11,13,22H,12H2,1-5H3/b23-14-. The normalized spacial score (nSPS) is 11.4. The lowest BCUT2D eigenvalue weighted by Crippen LogP contribution is -2.10. The fraction of sp³-hybridized carbons (Fsp3) is 0.350. The molecule has 0 aliphatic carbocycles. The highest BCUT2D eigenvalue weighted by atomic mass is 35.5. The van der Waals surface area contributed by atoms with Crippen molar-refractivity contribution in [2.75, 3.05) is 14.2 Å². The highest BCUT2D eigenvalue weighted by Gasteiger charge is 2.07. The van der Waals surface area contributed by atoms with Crippen LogP contribution in [0.15, 0.2) is 41.5 Å². The Morgan fingerprint density at radius 2 is 1.73 bits per heavy atom. The minimum Gasteiger partial charge on any atom is -0.493 e. The molecule has 0 fully saturated rings. The fourth-order valence-electron chi connectivity index (χ4n) is 2.38. The Hall–Kier alpha value is -2.40. The third kappa shape index (κ3) is 5.30. The number of benzene rings is 2. The van der Waals surface area contributed by atoms with Crippen LogP contribution in [0.1, 0.15) is 31.9 Å². The first kappa shape index (κ1) is 19.9. The van der Waals surface area contributed by atoms with E-state index in [0.29, 0.717) is 28.8 Å². The van der Waals surface area contributed by atoms with Crippen LogP contribution in [0.5, 0.6) is 17.2 Å². The van der Waals surface area contributed by atoms with Crippen LogP contribution in [0.4, 0.5) is 0 Å². The fourth-order valence-corrected chi connectivity index (χ4v) is 2.61. The first-order valence-corrected chi connectivity index (χ1v) is 8.77. The van der Waals surface area contributed by atoms with E-state index < -0.39 is 0 Å². The van der Waals surface area contributed by atoms with Crippen LogP contribution in [-0.4, -0.2) is 26.0 Å². The van der Waals surface area contributed by atoms with Gasteiger partial charge < -0.3 is 19.6 Å². The number of rotatable bonds is 8. The molecule has 5 nitrogen and oxygen atoms in total. The van der Waals surface area contributed by atoms with Gasteiger partial charge in [0.1, 0.15) is 5.75 Å². The number of hydrogen-bond acceptors (Lipinski definition) is 5. The van der Waals surface area contributed by atoms with Gasteiger partial charge in [-0.15, -0.1) is 0 Å². The van der Waals surface area contributed by atoms with E-state index >= 15 is 0 Å². The van der Waals surface area contributed by atoms with Crippen molar-refractivity contribution in [3.8, 4) is 17.2 Å². The molecule has 0 saturated carbocycles. The lowest BCUT2D eigenvalue weighted by atomic mass is 10.1. The average Bonchev–Trinajstić information content (AvgIpc) is 2.62. The Labute approximate surface area is 159 Å². The van der Waals surface area contributed by atoms with Gasteiger partial charge in [0.25, 0.3) is 0 Å². The molecule has 0 saturated heterocycles. The van der Waals surface area contributed by atoms with E-state index in [-0.39, 0.29) is 6.10 Å². The summed E-state index contributed by atoms with van der Waals surface area (Å²) in [5.74, 6) is 2.07. The third-order valence-corrected chi connectivity index (χ3v) is 3.99. The molecule has 2 rings (SSSR count). The van der Waals surface area contributed by atoms with Crippen LogP contribution in [0.3, 0.4) is 0 Å². The molecule has 2 aromatic carbocycles. The number of ether oxygens (including phenoxy) is 3. The van der Waals surface area contributed by atoms with Gasteiger partial charge in [0.15, 0.2) is 11.5 Å². The molecule has 0 aliphatic rings. The molecule has 0 amide bonds. The number of halogens is 1. The number of hydrazone groups is 1. The van der Waals surface area contributed by atoms with E-state index in [0.717, 1.165) is 16.8 Å². The van der Waals surface area contributed by atoms with Gasteiger partial charge in [-0.25, -0.2) is 0 Å². The number of methoxy groups -OCH3 is 2. The second-order valence-corrected chi connectivity index (χ2v) is 6.44. The summed E-state index contributed by atoms with van der Waals surface area (Å²) >= 11 is 6.28. The van der Waals surface area contributed by atoms with Crippen LogP contribution >= 0.6 is 11.6 Å². The number of nitrogens with one attached hydrogen (secondary N) is 1. The van der Waals surface area contributed by atoms with Crippen LogP contribution in [0.25, 0.3) is 0 Å². The summed E-state index contributed by atoms with van der Waals surface area (Å²) in [5.41, 5.74) is 5.88. The molecule has 0 spiro atoms. The van der Waals surface area contributed by atoms with E-state index in [9.17, 15) is 0 Å². The van der Waals surface area contributed by atoms with Crippen molar-refractivity contribution in [1.82, 2.24) is 5.43 Å². The summed E-state index contributed by atoms with van der Waals surface area (Å²) in [4.78, 5) is 0. The predicted molar refractivity (Wildman–Crippen MR) is 106 cm³/mol. The van der Waals surface area contributed by atoms with Crippen molar-refractivity contribution in [1.29, 1.82) is 0 Å². The van der Waals surface area contributed by atoms with Crippen LogP contribution in [0.2, 0.25) is 5.02 Å². The van der Waals surface area contributed by atoms with Gasteiger partial charge in [0.05, 0.1) is 37.6 Å². The van der Waals surface area contributed by atoms with Crippen LogP contribution in [-0.2, 0) is 6.54 Å². The summed E-state index contributed by atoms with van der Waals surface area (Å²) in [6, 6.07) is 11.4. The zero-order valence-electron chi connectivity index (χ0n) is 15.8. The van der Waals surface area contributed by atoms with Gasteiger partial charge in [0.2, 0.25) is 0 Å². The Kier molecular flexibility index (Phi) is 7.16. The molecule has 0 unspecified atom stereocenters. The molecule has 26 heavy (non-hydrogen) atoms. The van der Waals surface area contributed by atoms with E-state index in [1.165, 1.54) is 0 Å². The van der Waals surface area contributed by atoms with Gasteiger partial charge in [-0.05, 0) is 62.2 Å². The minimum atomic E-state index is 0.0799. The van der Waals surface area contributed by atoms with E-state index in [1.54, 1.807) is 14.2 Å². The maximum atomic E-state index is 6.28. The van der Waals surface area contributed by atoms with Gasteiger partial charge in [-0.1, -0.05) is 17.7 Å². The topological polar surface area (TPSA) is 52.1 Å². The van der Waals surface area contributed by atoms with Gasteiger partial charge >= 0.3 is 0 Å². The highest BCUT2D eigenvalue weighted by Crippen LogP contribution is 2.28. The molecular formula is C20H25ClN2O3. The summed E-state index contributed by atoms with van der Waals surface area (Å²) in [6.45, 7) is 6.43. The third-order valence-electron chi connectivity index (χ3n) is 3.69. The molecule has 0 radical (unpaired) electrons. The van der Waals surface area contributed by atoms with Gasteiger partial charge in [-0.2, -0.15) is 5.10 Å². The molecule has 0 aromatic heterocycles. The molecule has 0 heterocycles. The minimum absolute atomic E-state index is 0.0799. The Morgan fingerprint density at radius 1 is 1.04 bits per heavy atom. The van der Waals surface area contributed by atoms with Crippen molar-refractivity contribution in [3.63, 3.8) is 0 Å². The smallest absolute Gasteiger partial charge is 0.161 e. The quantitative estimate of drug-likeness (QED) is 0.537. The van der Waals surface area contributed by atoms with Crippen molar-refractivity contribution < 1.29 is 14.2 Å². The molecule has 2 aromatic rings. The van der Waals surface area contributed by atoms with E-state index in [1.807, 2.05) is 57.2 Å². The largest absolute Gasteiger partial charge is 0.493 e. The zero-order valence-corrected chi connectivity index (χ0v) is 16.6. The number of hydrogen-bond donors (Lipinski definition) is 1. The summed E-state index contributed by atoms with van der Waals surface area (Å²) in [5, 5.41) is 4.99. The average molecular weight is 377 g/mol.